The normalized spacial score (nSPS) is 12.3. The Morgan fingerprint density at radius 2 is 2.00 bits per heavy atom. The molecule has 5 heteroatoms. The second-order valence-corrected chi connectivity index (χ2v) is 5.71. The van der Waals surface area contributed by atoms with E-state index in [0.717, 1.165) is 0 Å². The second kappa shape index (κ2) is 6.92. The minimum atomic E-state index is -1.07. The van der Waals surface area contributed by atoms with Gasteiger partial charge in [-0.15, -0.1) is 0 Å². The molecule has 5 nitrogen and oxygen atoms in total. The molecule has 0 heterocycles. The Hall–Kier alpha value is -2.30. The highest BCUT2D eigenvalue weighted by Gasteiger charge is 2.33. The number of para-hydroxylation sites is 1. The molecule has 0 bridgehead atoms. The van der Waals surface area contributed by atoms with Gasteiger partial charge in [-0.25, -0.2) is 4.79 Å². The number of carboxylic acids is 1. The van der Waals surface area contributed by atoms with Crippen LogP contribution in [0.2, 0.25) is 0 Å². The zero-order chi connectivity index (χ0) is 16.0. The van der Waals surface area contributed by atoms with E-state index in [4.69, 9.17) is 4.74 Å². The van der Waals surface area contributed by atoms with Gasteiger partial charge in [-0.2, -0.15) is 0 Å². The summed E-state index contributed by atoms with van der Waals surface area (Å²) in [5, 5.41) is 11.8. The Kier molecular flexibility index (Phi) is 5.52. The van der Waals surface area contributed by atoms with Crippen molar-refractivity contribution in [2.24, 2.45) is 5.41 Å². The lowest BCUT2D eigenvalue weighted by Crippen LogP contribution is -2.49. The molecule has 0 aromatic heterocycles. The Balaban J connectivity index is 2.98. The summed E-state index contributed by atoms with van der Waals surface area (Å²) < 4.78 is 5.41. The monoisotopic (exact) mass is 291 g/mol. The Morgan fingerprint density at radius 1 is 1.38 bits per heavy atom. The SMILES string of the molecule is C=CCOc1ccccc1C(=O)N[C@H](C(=O)O)C(C)(C)C. The van der Waals surface area contributed by atoms with Gasteiger partial charge in [0.15, 0.2) is 0 Å². The molecule has 0 spiro atoms. The number of hydrogen-bond donors (Lipinski definition) is 2. The van der Waals surface area contributed by atoms with Crippen molar-refractivity contribution in [1.29, 1.82) is 0 Å². The summed E-state index contributed by atoms with van der Waals surface area (Å²) in [6, 6.07) is 5.70. The van der Waals surface area contributed by atoms with E-state index in [-0.39, 0.29) is 6.61 Å². The number of amides is 1. The van der Waals surface area contributed by atoms with Crippen molar-refractivity contribution < 1.29 is 19.4 Å². The lowest BCUT2D eigenvalue weighted by Gasteiger charge is -2.28. The summed E-state index contributed by atoms with van der Waals surface area (Å²) in [6.45, 7) is 9.09. The van der Waals surface area contributed by atoms with Crippen molar-refractivity contribution in [3.05, 3.63) is 42.5 Å². The summed E-state index contributed by atoms with van der Waals surface area (Å²) >= 11 is 0. The molecule has 1 atom stereocenters. The third-order valence-corrected chi connectivity index (χ3v) is 2.88. The third kappa shape index (κ3) is 4.63. The number of ether oxygens (including phenoxy) is 1. The van der Waals surface area contributed by atoms with E-state index in [1.165, 1.54) is 0 Å². The number of carbonyl (C=O) groups excluding carboxylic acids is 1. The summed E-state index contributed by atoms with van der Waals surface area (Å²) in [7, 11) is 0. The first kappa shape index (κ1) is 16.8. The highest BCUT2D eigenvalue weighted by atomic mass is 16.5. The Bertz CT molecular complexity index is 531. The van der Waals surface area contributed by atoms with Gasteiger partial charge < -0.3 is 15.2 Å². The molecule has 1 aromatic rings. The molecule has 0 saturated heterocycles. The van der Waals surface area contributed by atoms with Gasteiger partial charge in [0.2, 0.25) is 0 Å². The van der Waals surface area contributed by atoms with E-state index in [1.807, 2.05) is 0 Å². The largest absolute Gasteiger partial charge is 0.489 e. The quantitative estimate of drug-likeness (QED) is 0.790. The second-order valence-electron chi connectivity index (χ2n) is 5.71. The van der Waals surface area contributed by atoms with Crippen LogP contribution in [0.4, 0.5) is 0 Å². The molecule has 0 radical (unpaired) electrons. The van der Waals surface area contributed by atoms with Crippen molar-refractivity contribution in [1.82, 2.24) is 5.32 Å². The predicted molar refractivity (Wildman–Crippen MR) is 80.5 cm³/mol. The van der Waals surface area contributed by atoms with Crippen LogP contribution in [-0.2, 0) is 4.79 Å². The lowest BCUT2D eigenvalue weighted by molar-refractivity contribution is -0.142. The fraction of sp³-hybridized carbons (Fsp3) is 0.375. The average Bonchev–Trinajstić information content (AvgIpc) is 2.40. The van der Waals surface area contributed by atoms with Crippen molar-refractivity contribution in [3.63, 3.8) is 0 Å². The van der Waals surface area contributed by atoms with Crippen LogP contribution in [0.25, 0.3) is 0 Å². The van der Waals surface area contributed by atoms with Crippen LogP contribution >= 0.6 is 0 Å². The number of aliphatic carboxylic acids is 1. The summed E-state index contributed by atoms with van der Waals surface area (Å²) in [5.74, 6) is -1.15. The van der Waals surface area contributed by atoms with E-state index in [0.29, 0.717) is 11.3 Å². The van der Waals surface area contributed by atoms with E-state index in [9.17, 15) is 14.7 Å². The number of carboxylic acid groups (broad SMARTS) is 1. The number of nitrogens with one attached hydrogen (secondary N) is 1. The molecule has 0 fully saturated rings. The van der Waals surface area contributed by atoms with Gasteiger partial charge in [-0.3, -0.25) is 4.79 Å². The fourth-order valence-electron chi connectivity index (χ4n) is 1.79. The van der Waals surface area contributed by atoms with Gasteiger partial charge in [-0.1, -0.05) is 45.6 Å². The van der Waals surface area contributed by atoms with Crippen LogP contribution in [-0.4, -0.2) is 29.6 Å². The number of rotatable bonds is 6. The Labute approximate surface area is 124 Å². The highest BCUT2D eigenvalue weighted by Crippen LogP contribution is 2.22. The Morgan fingerprint density at radius 3 is 2.52 bits per heavy atom. The van der Waals surface area contributed by atoms with E-state index < -0.39 is 23.3 Å². The zero-order valence-corrected chi connectivity index (χ0v) is 12.6. The van der Waals surface area contributed by atoms with Gasteiger partial charge in [0, 0.05) is 0 Å². The molecule has 1 amide bonds. The molecular weight excluding hydrogens is 270 g/mol. The van der Waals surface area contributed by atoms with Gasteiger partial charge in [0.25, 0.3) is 5.91 Å². The van der Waals surface area contributed by atoms with Gasteiger partial charge >= 0.3 is 5.97 Å². The maximum atomic E-state index is 12.3. The molecule has 0 aliphatic carbocycles. The molecule has 0 saturated carbocycles. The predicted octanol–water partition coefficient (Wildman–Crippen LogP) is 2.48. The minimum absolute atomic E-state index is 0.270. The highest BCUT2D eigenvalue weighted by molar-refractivity contribution is 5.99. The first-order valence-electron chi connectivity index (χ1n) is 6.63. The van der Waals surface area contributed by atoms with Gasteiger partial charge in [0.05, 0.1) is 5.56 Å². The smallest absolute Gasteiger partial charge is 0.326 e. The molecule has 0 aliphatic rings. The topological polar surface area (TPSA) is 75.6 Å². The minimum Gasteiger partial charge on any atom is -0.489 e. The van der Waals surface area contributed by atoms with E-state index >= 15 is 0 Å². The number of benzene rings is 1. The van der Waals surface area contributed by atoms with Gasteiger partial charge in [-0.05, 0) is 17.5 Å². The standard InChI is InChI=1S/C16H21NO4/c1-5-10-21-12-9-7-6-8-11(12)14(18)17-13(15(19)20)16(2,3)4/h5-9,13H,1,10H2,2-4H3,(H,17,18)(H,19,20)/t13-/m1/s1. The first-order chi connectivity index (χ1) is 9.77. The molecule has 1 rings (SSSR count). The maximum absolute atomic E-state index is 12.3. The van der Waals surface area contributed by atoms with Crippen LogP contribution in [0.1, 0.15) is 31.1 Å². The van der Waals surface area contributed by atoms with Crippen LogP contribution in [0.15, 0.2) is 36.9 Å². The van der Waals surface area contributed by atoms with Crippen molar-refractivity contribution >= 4 is 11.9 Å². The third-order valence-electron chi connectivity index (χ3n) is 2.88. The van der Waals surface area contributed by atoms with E-state index in [2.05, 4.69) is 11.9 Å². The lowest BCUT2D eigenvalue weighted by atomic mass is 9.86. The molecule has 0 unspecified atom stereocenters. The van der Waals surface area contributed by atoms with E-state index in [1.54, 1.807) is 51.1 Å². The first-order valence-corrected chi connectivity index (χ1v) is 6.63. The van der Waals surface area contributed by atoms with Crippen LogP contribution in [0.5, 0.6) is 5.75 Å². The molecule has 1 aromatic carbocycles. The van der Waals surface area contributed by atoms with Crippen LogP contribution < -0.4 is 10.1 Å². The number of hydrogen-bond acceptors (Lipinski definition) is 3. The molecule has 21 heavy (non-hydrogen) atoms. The summed E-state index contributed by atoms with van der Waals surface area (Å²) in [6.07, 6.45) is 1.57. The maximum Gasteiger partial charge on any atom is 0.326 e. The van der Waals surface area contributed by atoms with Crippen molar-refractivity contribution in [2.45, 2.75) is 26.8 Å². The van der Waals surface area contributed by atoms with Crippen LogP contribution in [0.3, 0.4) is 0 Å². The molecule has 0 aliphatic heterocycles. The van der Waals surface area contributed by atoms with Crippen LogP contribution in [0, 0.1) is 5.41 Å². The fourth-order valence-corrected chi connectivity index (χ4v) is 1.79. The number of carbonyl (C=O) groups is 2. The molecular formula is C16H21NO4. The molecule has 2 N–H and O–H groups in total. The summed E-state index contributed by atoms with van der Waals surface area (Å²) in [5.41, 5.74) is -0.298. The van der Waals surface area contributed by atoms with Crippen molar-refractivity contribution in [2.75, 3.05) is 6.61 Å². The average molecular weight is 291 g/mol. The van der Waals surface area contributed by atoms with Gasteiger partial charge in [0.1, 0.15) is 18.4 Å². The molecule has 114 valence electrons. The van der Waals surface area contributed by atoms with Crippen molar-refractivity contribution in [3.8, 4) is 5.75 Å². The summed E-state index contributed by atoms with van der Waals surface area (Å²) in [4.78, 5) is 23.6. The zero-order valence-electron chi connectivity index (χ0n) is 12.6.